The number of anilines is 3. The number of carbonyl (C=O) groups excluding carboxylic acids is 1. The minimum atomic E-state index is -0.0685. The van der Waals surface area contributed by atoms with Crippen LogP contribution in [0.25, 0.3) is 11.7 Å². The summed E-state index contributed by atoms with van der Waals surface area (Å²) in [7, 11) is 0. The molecule has 0 aromatic carbocycles. The summed E-state index contributed by atoms with van der Waals surface area (Å²) in [5.41, 5.74) is 3.35. The van der Waals surface area contributed by atoms with E-state index in [-0.39, 0.29) is 12.3 Å². The molecular formula is C21H18N8O. The van der Waals surface area contributed by atoms with E-state index in [0.29, 0.717) is 34.6 Å². The van der Waals surface area contributed by atoms with E-state index in [1.165, 1.54) is 6.20 Å². The van der Waals surface area contributed by atoms with Gasteiger partial charge in [-0.05, 0) is 36.6 Å². The number of rotatable bonds is 5. The number of nitrogens with one attached hydrogen (secondary N) is 3. The number of allylic oxidation sites excluding steroid dienone is 1. The summed E-state index contributed by atoms with van der Waals surface area (Å²) in [6.07, 6.45) is 7.66. The van der Waals surface area contributed by atoms with Gasteiger partial charge >= 0.3 is 0 Å². The topological polar surface area (TPSA) is 120 Å². The van der Waals surface area contributed by atoms with Crippen LogP contribution in [0, 0.1) is 11.3 Å². The molecule has 148 valence electrons. The first-order chi connectivity index (χ1) is 14.6. The summed E-state index contributed by atoms with van der Waals surface area (Å²) in [5.74, 6) is 1.94. The summed E-state index contributed by atoms with van der Waals surface area (Å²) >= 11 is 0. The van der Waals surface area contributed by atoms with E-state index >= 15 is 0 Å². The van der Waals surface area contributed by atoms with Crippen molar-refractivity contribution in [3.05, 3.63) is 59.6 Å². The predicted octanol–water partition coefficient (Wildman–Crippen LogP) is 2.73. The molecule has 0 atom stereocenters. The number of nitriles is 1. The van der Waals surface area contributed by atoms with Crippen molar-refractivity contribution < 1.29 is 4.79 Å². The second-order valence-electron chi connectivity index (χ2n) is 7.32. The highest BCUT2D eigenvalue weighted by Gasteiger charge is 2.24. The van der Waals surface area contributed by atoms with Gasteiger partial charge in [-0.2, -0.15) is 14.9 Å². The quantitative estimate of drug-likeness (QED) is 0.604. The largest absolute Gasteiger partial charge is 0.367 e. The lowest BCUT2D eigenvalue weighted by molar-refractivity contribution is -0.118. The van der Waals surface area contributed by atoms with Gasteiger partial charge < -0.3 is 16.0 Å². The fraction of sp³-hybridized carbons (Fsp3) is 0.190. The monoisotopic (exact) mass is 398 g/mol. The second kappa shape index (κ2) is 7.00. The van der Waals surface area contributed by atoms with E-state index in [0.717, 1.165) is 29.8 Å². The van der Waals surface area contributed by atoms with Crippen LogP contribution in [0.1, 0.15) is 30.4 Å². The van der Waals surface area contributed by atoms with Gasteiger partial charge in [-0.1, -0.05) is 6.58 Å². The Morgan fingerprint density at radius 1 is 1.30 bits per heavy atom. The van der Waals surface area contributed by atoms with Gasteiger partial charge in [-0.25, -0.2) is 9.97 Å². The number of amides is 1. The van der Waals surface area contributed by atoms with Gasteiger partial charge in [0.1, 0.15) is 23.5 Å². The lowest BCUT2D eigenvalue weighted by atomic mass is 10.1. The van der Waals surface area contributed by atoms with Crippen LogP contribution in [0.15, 0.2) is 48.4 Å². The van der Waals surface area contributed by atoms with E-state index in [1.54, 1.807) is 22.8 Å². The van der Waals surface area contributed by atoms with Crippen LogP contribution in [-0.2, 0) is 4.79 Å². The van der Waals surface area contributed by atoms with Crippen LogP contribution >= 0.6 is 0 Å². The van der Waals surface area contributed by atoms with E-state index in [4.69, 9.17) is 10.2 Å². The molecule has 1 aliphatic carbocycles. The molecule has 30 heavy (non-hydrogen) atoms. The molecule has 0 bridgehead atoms. The number of fused-ring (bicyclic) bond motifs is 1. The van der Waals surface area contributed by atoms with E-state index < -0.39 is 0 Å². The van der Waals surface area contributed by atoms with Gasteiger partial charge in [-0.15, -0.1) is 0 Å². The molecular weight excluding hydrogens is 380 g/mol. The van der Waals surface area contributed by atoms with Crippen LogP contribution in [0.5, 0.6) is 0 Å². The minimum Gasteiger partial charge on any atom is -0.367 e. The molecule has 3 aromatic rings. The van der Waals surface area contributed by atoms with E-state index in [1.807, 2.05) is 12.1 Å². The standard InChI is InChI=1S/C21H18N8O/c1-12-14(7-20(30)25-12)6-15-11-24-29-19(26-16-3-4-16)8-18(28-21(15)29)27-17-5-2-13(9-22)10-23-17/h2,5-6,8,10-11,16,26H,1,3-4,7H2,(H,25,30)(H,23,27,28)/b14-6+. The lowest BCUT2D eigenvalue weighted by Gasteiger charge is -2.11. The molecule has 1 saturated heterocycles. The summed E-state index contributed by atoms with van der Waals surface area (Å²) in [6.45, 7) is 3.90. The number of aromatic nitrogens is 4. The van der Waals surface area contributed by atoms with Crippen LogP contribution in [0.2, 0.25) is 0 Å². The first-order valence-electron chi connectivity index (χ1n) is 9.57. The molecule has 0 unspecified atom stereocenters. The number of hydrogen-bond donors (Lipinski definition) is 3. The fourth-order valence-electron chi connectivity index (χ4n) is 3.25. The number of pyridine rings is 1. The van der Waals surface area contributed by atoms with Crippen LogP contribution in [0.3, 0.4) is 0 Å². The molecule has 0 spiro atoms. The summed E-state index contributed by atoms with van der Waals surface area (Å²) in [6, 6.07) is 7.80. The molecule has 4 heterocycles. The Bertz CT molecular complexity index is 1240. The Morgan fingerprint density at radius 2 is 2.17 bits per heavy atom. The van der Waals surface area contributed by atoms with E-state index in [9.17, 15) is 4.79 Å². The van der Waals surface area contributed by atoms with Gasteiger partial charge in [0, 0.05) is 29.6 Å². The molecule has 1 aliphatic heterocycles. The Hall–Kier alpha value is -4.19. The summed E-state index contributed by atoms with van der Waals surface area (Å²) in [5, 5.41) is 22.8. The first kappa shape index (κ1) is 17.9. The predicted molar refractivity (Wildman–Crippen MR) is 112 cm³/mol. The molecule has 3 N–H and O–H groups in total. The van der Waals surface area contributed by atoms with Crippen LogP contribution < -0.4 is 16.0 Å². The summed E-state index contributed by atoms with van der Waals surface area (Å²) in [4.78, 5) is 20.6. The third kappa shape index (κ3) is 3.46. The third-order valence-corrected chi connectivity index (χ3v) is 4.94. The Labute approximate surface area is 172 Å². The molecule has 3 aromatic heterocycles. The Balaban J connectivity index is 1.55. The smallest absolute Gasteiger partial charge is 0.228 e. The Morgan fingerprint density at radius 3 is 2.83 bits per heavy atom. The maximum Gasteiger partial charge on any atom is 0.228 e. The van der Waals surface area contributed by atoms with Gasteiger partial charge in [0.2, 0.25) is 5.91 Å². The highest BCUT2D eigenvalue weighted by Crippen LogP contribution is 2.29. The number of hydrogen-bond acceptors (Lipinski definition) is 7. The zero-order valence-electron chi connectivity index (χ0n) is 16.0. The summed E-state index contributed by atoms with van der Waals surface area (Å²) < 4.78 is 1.76. The van der Waals surface area contributed by atoms with E-state index in [2.05, 4.69) is 38.7 Å². The maximum atomic E-state index is 11.6. The molecule has 5 rings (SSSR count). The van der Waals surface area contributed by atoms with Gasteiger partial charge in [0.05, 0.1) is 18.2 Å². The number of carbonyl (C=O) groups is 1. The van der Waals surface area contributed by atoms with Crippen molar-refractivity contribution in [3.8, 4) is 6.07 Å². The van der Waals surface area contributed by atoms with Crippen LogP contribution in [-0.4, -0.2) is 31.5 Å². The molecule has 0 radical (unpaired) electrons. The first-order valence-corrected chi connectivity index (χ1v) is 9.57. The second-order valence-corrected chi connectivity index (χ2v) is 7.32. The van der Waals surface area contributed by atoms with Crippen molar-refractivity contribution >= 4 is 35.1 Å². The molecule has 9 nitrogen and oxygen atoms in total. The van der Waals surface area contributed by atoms with Crippen LogP contribution in [0.4, 0.5) is 17.5 Å². The van der Waals surface area contributed by atoms with Gasteiger partial charge in [-0.3, -0.25) is 4.79 Å². The van der Waals surface area contributed by atoms with Crippen molar-refractivity contribution in [2.45, 2.75) is 25.3 Å². The lowest BCUT2D eigenvalue weighted by Crippen LogP contribution is -2.10. The average Bonchev–Trinajstić information content (AvgIpc) is 3.37. The zero-order valence-corrected chi connectivity index (χ0v) is 16.0. The van der Waals surface area contributed by atoms with Crippen molar-refractivity contribution in [2.24, 2.45) is 0 Å². The fourth-order valence-corrected chi connectivity index (χ4v) is 3.25. The SMILES string of the molecule is C=C1NC(=O)C/C1=C\c1cnn2c(NC3CC3)cc(Nc3ccc(C#N)cn3)nc12. The third-order valence-electron chi connectivity index (χ3n) is 4.94. The molecule has 1 amide bonds. The molecule has 9 heteroatoms. The number of nitrogens with zero attached hydrogens (tertiary/aromatic N) is 5. The van der Waals surface area contributed by atoms with Crippen molar-refractivity contribution in [3.63, 3.8) is 0 Å². The highest BCUT2D eigenvalue weighted by molar-refractivity contribution is 5.89. The average molecular weight is 398 g/mol. The zero-order chi connectivity index (χ0) is 20.7. The van der Waals surface area contributed by atoms with Crippen molar-refractivity contribution in [1.29, 1.82) is 5.26 Å². The highest BCUT2D eigenvalue weighted by atomic mass is 16.1. The molecule has 2 aliphatic rings. The minimum absolute atomic E-state index is 0.0685. The maximum absolute atomic E-state index is 11.6. The van der Waals surface area contributed by atoms with Gasteiger partial charge in [0.25, 0.3) is 0 Å². The molecule has 2 fully saturated rings. The molecule has 1 saturated carbocycles. The van der Waals surface area contributed by atoms with Crippen molar-refractivity contribution in [2.75, 3.05) is 10.6 Å². The van der Waals surface area contributed by atoms with Gasteiger partial charge in [0.15, 0.2) is 5.65 Å². The van der Waals surface area contributed by atoms with Crippen molar-refractivity contribution in [1.82, 2.24) is 24.9 Å². The Kier molecular flexibility index (Phi) is 4.17. The normalized spacial score (nSPS) is 17.2.